The first-order chi connectivity index (χ1) is 13.4. The average Bonchev–Trinajstić information content (AvgIpc) is 2.72. The average molecular weight is 400 g/mol. The van der Waals surface area contributed by atoms with E-state index in [0.717, 1.165) is 18.7 Å². The van der Waals surface area contributed by atoms with Gasteiger partial charge in [-0.3, -0.25) is 4.79 Å². The molecule has 0 unspecified atom stereocenters. The summed E-state index contributed by atoms with van der Waals surface area (Å²) in [4.78, 5) is 16.8. The van der Waals surface area contributed by atoms with Crippen LogP contribution in [0.25, 0.3) is 6.08 Å². The zero-order valence-corrected chi connectivity index (χ0v) is 16.9. The van der Waals surface area contributed by atoms with Crippen LogP contribution in [0.3, 0.4) is 0 Å². The number of hydrogen-bond donors (Lipinski definition) is 1. The standard InChI is InChI=1S/C21H25N3O3S/c1-17-4-3-5-19(16-17)23-12-14-24(15-13-23)21(25)11-8-18-6-9-20(10-7-18)28(26,27)22-2/h3-11,16,22H,12-15H2,1-2H3/b11-8+. The van der Waals surface area contributed by atoms with E-state index in [9.17, 15) is 13.2 Å². The Kier molecular flexibility index (Phi) is 6.16. The second kappa shape index (κ2) is 8.58. The third-order valence-electron chi connectivity index (χ3n) is 4.84. The molecule has 6 nitrogen and oxygen atoms in total. The van der Waals surface area contributed by atoms with Gasteiger partial charge in [-0.25, -0.2) is 13.1 Å². The molecule has 1 fully saturated rings. The van der Waals surface area contributed by atoms with Crippen molar-refractivity contribution in [2.24, 2.45) is 0 Å². The molecule has 1 saturated heterocycles. The molecule has 1 amide bonds. The molecule has 1 aliphatic heterocycles. The molecule has 3 rings (SSSR count). The highest BCUT2D eigenvalue weighted by atomic mass is 32.2. The summed E-state index contributed by atoms with van der Waals surface area (Å²) < 4.78 is 25.8. The minimum Gasteiger partial charge on any atom is -0.368 e. The number of carbonyl (C=O) groups excluding carboxylic acids is 1. The van der Waals surface area contributed by atoms with Gasteiger partial charge in [-0.1, -0.05) is 24.3 Å². The Morgan fingerprint density at radius 1 is 1.04 bits per heavy atom. The van der Waals surface area contributed by atoms with Crippen molar-refractivity contribution in [1.82, 2.24) is 9.62 Å². The second-order valence-corrected chi connectivity index (χ2v) is 8.65. The Labute approximate surface area is 166 Å². The summed E-state index contributed by atoms with van der Waals surface area (Å²) >= 11 is 0. The van der Waals surface area contributed by atoms with Crippen molar-refractivity contribution >= 4 is 27.7 Å². The van der Waals surface area contributed by atoms with E-state index >= 15 is 0 Å². The van der Waals surface area contributed by atoms with Gasteiger partial charge in [-0.15, -0.1) is 0 Å². The summed E-state index contributed by atoms with van der Waals surface area (Å²) in [6, 6.07) is 14.8. The topological polar surface area (TPSA) is 69.7 Å². The number of piperazine rings is 1. The molecule has 1 aliphatic rings. The number of sulfonamides is 1. The molecule has 0 spiro atoms. The lowest BCUT2D eigenvalue weighted by molar-refractivity contribution is -0.126. The number of hydrogen-bond acceptors (Lipinski definition) is 4. The summed E-state index contributed by atoms with van der Waals surface area (Å²) in [5.74, 6) is -0.0317. The molecule has 0 aliphatic carbocycles. The fourth-order valence-corrected chi connectivity index (χ4v) is 3.89. The number of carbonyl (C=O) groups is 1. The molecular weight excluding hydrogens is 374 g/mol. The van der Waals surface area contributed by atoms with Crippen LogP contribution in [0.5, 0.6) is 0 Å². The molecule has 0 bridgehead atoms. The van der Waals surface area contributed by atoms with Gasteiger partial charge in [0.05, 0.1) is 4.90 Å². The molecule has 1 heterocycles. The lowest BCUT2D eigenvalue weighted by atomic mass is 10.2. The molecule has 28 heavy (non-hydrogen) atoms. The zero-order chi connectivity index (χ0) is 20.1. The van der Waals surface area contributed by atoms with Crippen molar-refractivity contribution in [2.75, 3.05) is 38.1 Å². The van der Waals surface area contributed by atoms with E-state index in [4.69, 9.17) is 0 Å². The first-order valence-corrected chi connectivity index (χ1v) is 10.7. The minimum atomic E-state index is -3.45. The summed E-state index contributed by atoms with van der Waals surface area (Å²) in [5.41, 5.74) is 3.20. The van der Waals surface area contributed by atoms with Crippen LogP contribution in [-0.4, -0.2) is 52.5 Å². The van der Waals surface area contributed by atoms with Gasteiger partial charge in [0, 0.05) is 37.9 Å². The van der Waals surface area contributed by atoms with Crippen LogP contribution in [0.1, 0.15) is 11.1 Å². The number of amides is 1. The zero-order valence-electron chi connectivity index (χ0n) is 16.1. The summed E-state index contributed by atoms with van der Waals surface area (Å²) in [5, 5.41) is 0. The predicted molar refractivity (Wildman–Crippen MR) is 112 cm³/mol. The van der Waals surface area contributed by atoms with E-state index in [1.807, 2.05) is 4.90 Å². The highest BCUT2D eigenvalue weighted by Crippen LogP contribution is 2.18. The van der Waals surface area contributed by atoms with E-state index in [1.165, 1.54) is 30.4 Å². The summed E-state index contributed by atoms with van der Waals surface area (Å²) in [7, 11) is -2.07. The van der Waals surface area contributed by atoms with Gasteiger partial charge in [0.2, 0.25) is 15.9 Å². The van der Waals surface area contributed by atoms with Crippen molar-refractivity contribution < 1.29 is 13.2 Å². The van der Waals surface area contributed by atoms with Gasteiger partial charge in [-0.05, 0) is 55.4 Å². The minimum absolute atomic E-state index is 0.0317. The van der Waals surface area contributed by atoms with E-state index < -0.39 is 10.0 Å². The highest BCUT2D eigenvalue weighted by molar-refractivity contribution is 7.89. The van der Waals surface area contributed by atoms with Crippen LogP contribution < -0.4 is 9.62 Å². The fraction of sp³-hybridized carbons (Fsp3) is 0.286. The molecule has 148 valence electrons. The number of aryl methyl sites for hydroxylation is 1. The summed E-state index contributed by atoms with van der Waals surface area (Å²) in [6.07, 6.45) is 3.26. The number of nitrogens with one attached hydrogen (secondary N) is 1. The second-order valence-electron chi connectivity index (χ2n) is 6.76. The number of rotatable bonds is 5. The number of benzene rings is 2. The largest absolute Gasteiger partial charge is 0.368 e. The van der Waals surface area contributed by atoms with Gasteiger partial charge in [0.25, 0.3) is 0 Å². The Morgan fingerprint density at radius 2 is 1.71 bits per heavy atom. The van der Waals surface area contributed by atoms with Gasteiger partial charge >= 0.3 is 0 Å². The van der Waals surface area contributed by atoms with Gasteiger partial charge in [0.1, 0.15) is 0 Å². The van der Waals surface area contributed by atoms with Crippen LogP contribution in [0.2, 0.25) is 0 Å². The van der Waals surface area contributed by atoms with Crippen molar-refractivity contribution in [2.45, 2.75) is 11.8 Å². The van der Waals surface area contributed by atoms with E-state index in [1.54, 1.807) is 24.3 Å². The first kappa shape index (κ1) is 20.1. The smallest absolute Gasteiger partial charge is 0.246 e. The van der Waals surface area contributed by atoms with Crippen LogP contribution in [0, 0.1) is 6.92 Å². The Bertz CT molecular complexity index is 961. The quantitative estimate of drug-likeness (QED) is 0.783. The fourth-order valence-electron chi connectivity index (χ4n) is 3.16. The maximum Gasteiger partial charge on any atom is 0.246 e. The molecule has 0 radical (unpaired) electrons. The van der Waals surface area contributed by atoms with Gasteiger partial charge in [0.15, 0.2) is 0 Å². The van der Waals surface area contributed by atoms with Crippen LogP contribution >= 0.6 is 0 Å². The lowest BCUT2D eigenvalue weighted by Gasteiger charge is -2.35. The van der Waals surface area contributed by atoms with Gasteiger partial charge in [-0.2, -0.15) is 0 Å². The highest BCUT2D eigenvalue weighted by Gasteiger charge is 2.19. The first-order valence-electron chi connectivity index (χ1n) is 9.21. The maximum absolute atomic E-state index is 12.5. The molecule has 0 aromatic heterocycles. The number of nitrogens with zero attached hydrogens (tertiary/aromatic N) is 2. The normalized spacial score (nSPS) is 15.2. The Balaban J connectivity index is 1.57. The third-order valence-corrected chi connectivity index (χ3v) is 6.27. The van der Waals surface area contributed by atoms with Crippen LogP contribution in [0.4, 0.5) is 5.69 Å². The van der Waals surface area contributed by atoms with Crippen molar-refractivity contribution in [3.8, 4) is 0 Å². The molecule has 2 aromatic rings. The molecule has 1 N–H and O–H groups in total. The van der Waals surface area contributed by atoms with Crippen molar-refractivity contribution in [3.05, 3.63) is 65.7 Å². The molecular formula is C21H25N3O3S. The third kappa shape index (κ3) is 4.79. The van der Waals surface area contributed by atoms with E-state index in [0.29, 0.717) is 13.1 Å². The van der Waals surface area contributed by atoms with Crippen LogP contribution in [-0.2, 0) is 14.8 Å². The Morgan fingerprint density at radius 3 is 2.32 bits per heavy atom. The molecule has 0 saturated carbocycles. The molecule has 2 aromatic carbocycles. The van der Waals surface area contributed by atoms with Crippen molar-refractivity contribution in [1.29, 1.82) is 0 Å². The lowest BCUT2D eigenvalue weighted by Crippen LogP contribution is -2.48. The predicted octanol–water partition coefficient (Wildman–Crippen LogP) is 2.27. The number of anilines is 1. The van der Waals surface area contributed by atoms with E-state index in [2.05, 4.69) is 40.8 Å². The van der Waals surface area contributed by atoms with Crippen LogP contribution in [0.15, 0.2) is 59.5 Å². The molecule has 0 atom stereocenters. The molecule has 7 heteroatoms. The van der Waals surface area contributed by atoms with E-state index in [-0.39, 0.29) is 10.8 Å². The summed E-state index contributed by atoms with van der Waals surface area (Å²) in [6.45, 7) is 5.04. The van der Waals surface area contributed by atoms with Gasteiger partial charge < -0.3 is 9.80 Å². The van der Waals surface area contributed by atoms with Crippen molar-refractivity contribution in [3.63, 3.8) is 0 Å². The SMILES string of the molecule is CNS(=O)(=O)c1ccc(/C=C/C(=O)N2CCN(c3cccc(C)c3)CC2)cc1. The monoisotopic (exact) mass is 399 g/mol. The Hall–Kier alpha value is -2.64. The maximum atomic E-state index is 12.5.